The fraction of sp³-hybridized carbons (Fsp3) is 0.538. The van der Waals surface area contributed by atoms with E-state index in [2.05, 4.69) is 35.8 Å². The summed E-state index contributed by atoms with van der Waals surface area (Å²) in [6.45, 7) is 4.31. The minimum absolute atomic E-state index is 0.253. The summed E-state index contributed by atoms with van der Waals surface area (Å²) in [4.78, 5) is 0. The fourth-order valence-corrected chi connectivity index (χ4v) is 2.01. The van der Waals surface area contributed by atoms with Crippen LogP contribution in [-0.4, -0.2) is 13.2 Å². The van der Waals surface area contributed by atoms with Gasteiger partial charge in [0, 0.05) is 10.5 Å². The molecule has 0 aliphatic carbocycles. The first-order valence-electron chi connectivity index (χ1n) is 5.62. The Balaban J connectivity index is 2.68. The van der Waals surface area contributed by atoms with Gasteiger partial charge in [0.2, 0.25) is 0 Å². The van der Waals surface area contributed by atoms with E-state index in [0.717, 1.165) is 23.1 Å². The molecule has 0 radical (unpaired) electrons. The minimum Gasteiger partial charge on any atom is -0.496 e. The maximum atomic E-state index is 6.04. The highest BCUT2D eigenvalue weighted by molar-refractivity contribution is 9.10. The predicted octanol–water partition coefficient (Wildman–Crippen LogP) is 3.37. The van der Waals surface area contributed by atoms with Gasteiger partial charge in [0.25, 0.3) is 0 Å². The van der Waals surface area contributed by atoms with Crippen molar-refractivity contribution in [3.8, 4) is 5.75 Å². The molecule has 0 saturated carbocycles. The average Bonchev–Trinajstić information content (AvgIpc) is 2.25. The van der Waals surface area contributed by atoms with Crippen molar-refractivity contribution in [1.29, 1.82) is 0 Å². The molecule has 0 amide bonds. The van der Waals surface area contributed by atoms with E-state index in [4.69, 9.17) is 10.5 Å². The van der Waals surface area contributed by atoms with Crippen molar-refractivity contribution >= 4 is 15.9 Å². The lowest BCUT2D eigenvalue weighted by molar-refractivity contribution is 0.405. The van der Waals surface area contributed by atoms with Crippen molar-refractivity contribution in [3.63, 3.8) is 0 Å². The molecule has 0 bridgehead atoms. The predicted molar refractivity (Wildman–Crippen MR) is 71.8 cm³/mol. The molecule has 2 N–H and O–H groups in total. The van der Waals surface area contributed by atoms with Crippen LogP contribution in [0.1, 0.15) is 25.8 Å². The zero-order valence-electron chi connectivity index (χ0n) is 10.2. The van der Waals surface area contributed by atoms with Gasteiger partial charge in [-0.2, -0.15) is 0 Å². The van der Waals surface area contributed by atoms with Crippen LogP contribution in [0.4, 0.5) is 0 Å². The van der Waals surface area contributed by atoms with Gasteiger partial charge in [-0.25, -0.2) is 0 Å². The average molecular weight is 286 g/mol. The molecular formula is C13H20BrNO. The largest absolute Gasteiger partial charge is 0.496 e. The Bertz CT molecular complexity index is 339. The molecule has 1 aromatic carbocycles. The Morgan fingerprint density at radius 1 is 1.38 bits per heavy atom. The monoisotopic (exact) mass is 285 g/mol. The normalized spacial score (nSPS) is 12.9. The summed E-state index contributed by atoms with van der Waals surface area (Å²) in [5, 5.41) is 0. The number of ether oxygens (including phenoxy) is 1. The van der Waals surface area contributed by atoms with Crippen molar-refractivity contribution < 1.29 is 4.74 Å². The number of hydrogen-bond acceptors (Lipinski definition) is 2. The molecule has 0 heterocycles. The number of rotatable bonds is 5. The number of hydrogen-bond donors (Lipinski definition) is 1. The second kappa shape index (κ2) is 6.26. The van der Waals surface area contributed by atoms with Gasteiger partial charge in [0.1, 0.15) is 5.75 Å². The van der Waals surface area contributed by atoms with Gasteiger partial charge in [0.05, 0.1) is 7.11 Å². The zero-order chi connectivity index (χ0) is 12.1. The molecule has 2 nitrogen and oxygen atoms in total. The summed E-state index contributed by atoms with van der Waals surface area (Å²) in [6, 6.07) is 6.33. The van der Waals surface area contributed by atoms with E-state index in [-0.39, 0.29) is 6.04 Å². The van der Waals surface area contributed by atoms with Crippen LogP contribution >= 0.6 is 15.9 Å². The lowest BCUT2D eigenvalue weighted by Gasteiger charge is -2.16. The topological polar surface area (TPSA) is 35.2 Å². The zero-order valence-corrected chi connectivity index (χ0v) is 11.8. The third-order valence-electron chi connectivity index (χ3n) is 2.85. The SMILES string of the molecule is COc1ccc(Br)cc1CCC(N)C(C)C. The van der Waals surface area contributed by atoms with E-state index >= 15 is 0 Å². The van der Waals surface area contributed by atoms with Gasteiger partial charge in [-0.3, -0.25) is 0 Å². The van der Waals surface area contributed by atoms with Gasteiger partial charge in [-0.1, -0.05) is 29.8 Å². The van der Waals surface area contributed by atoms with Crippen LogP contribution in [0.5, 0.6) is 5.75 Å². The van der Waals surface area contributed by atoms with Crippen LogP contribution in [0.3, 0.4) is 0 Å². The van der Waals surface area contributed by atoms with Crippen LogP contribution in [0, 0.1) is 5.92 Å². The summed E-state index contributed by atoms with van der Waals surface area (Å²) in [5.41, 5.74) is 7.26. The van der Waals surface area contributed by atoms with Crippen molar-refractivity contribution in [2.24, 2.45) is 11.7 Å². The van der Waals surface area contributed by atoms with Crippen LogP contribution in [0.25, 0.3) is 0 Å². The molecule has 90 valence electrons. The van der Waals surface area contributed by atoms with Crippen LogP contribution in [0.15, 0.2) is 22.7 Å². The molecule has 1 aromatic rings. The van der Waals surface area contributed by atoms with Gasteiger partial charge in [-0.15, -0.1) is 0 Å². The van der Waals surface area contributed by atoms with Crippen molar-refractivity contribution in [2.75, 3.05) is 7.11 Å². The summed E-state index contributed by atoms with van der Waals surface area (Å²) in [5.74, 6) is 1.47. The first-order valence-corrected chi connectivity index (χ1v) is 6.42. The Kier molecular flexibility index (Phi) is 5.29. The van der Waals surface area contributed by atoms with Gasteiger partial charge in [0.15, 0.2) is 0 Å². The lowest BCUT2D eigenvalue weighted by Crippen LogP contribution is -2.26. The molecule has 3 heteroatoms. The molecule has 0 saturated heterocycles. The molecule has 0 aliphatic heterocycles. The standard InChI is InChI=1S/C13H20BrNO/c1-9(2)12(15)6-4-10-8-11(14)5-7-13(10)16-3/h5,7-9,12H,4,6,15H2,1-3H3. The Labute approximate surface area is 106 Å². The Hall–Kier alpha value is -0.540. The van der Waals surface area contributed by atoms with Crippen LogP contribution in [-0.2, 0) is 6.42 Å². The number of halogens is 1. The quantitative estimate of drug-likeness (QED) is 0.900. The smallest absolute Gasteiger partial charge is 0.122 e. The Morgan fingerprint density at radius 3 is 2.62 bits per heavy atom. The van der Waals surface area contributed by atoms with E-state index < -0.39 is 0 Å². The number of aryl methyl sites for hydroxylation is 1. The molecule has 0 fully saturated rings. The second-order valence-electron chi connectivity index (χ2n) is 4.40. The van der Waals surface area contributed by atoms with E-state index in [9.17, 15) is 0 Å². The Morgan fingerprint density at radius 2 is 2.06 bits per heavy atom. The molecule has 0 aromatic heterocycles. The highest BCUT2D eigenvalue weighted by Crippen LogP contribution is 2.24. The van der Waals surface area contributed by atoms with Gasteiger partial charge in [-0.05, 0) is 42.5 Å². The van der Waals surface area contributed by atoms with E-state index in [0.29, 0.717) is 5.92 Å². The van der Waals surface area contributed by atoms with Crippen molar-refractivity contribution in [1.82, 2.24) is 0 Å². The van der Waals surface area contributed by atoms with E-state index in [1.807, 2.05) is 12.1 Å². The third-order valence-corrected chi connectivity index (χ3v) is 3.34. The van der Waals surface area contributed by atoms with Crippen LogP contribution in [0.2, 0.25) is 0 Å². The number of nitrogens with two attached hydrogens (primary N) is 1. The summed E-state index contributed by atoms with van der Waals surface area (Å²) in [7, 11) is 1.70. The van der Waals surface area contributed by atoms with Gasteiger partial charge < -0.3 is 10.5 Å². The van der Waals surface area contributed by atoms with Crippen LogP contribution < -0.4 is 10.5 Å². The van der Waals surface area contributed by atoms with Crippen molar-refractivity contribution in [2.45, 2.75) is 32.7 Å². The number of methoxy groups -OCH3 is 1. The molecule has 1 rings (SSSR count). The van der Waals surface area contributed by atoms with Gasteiger partial charge >= 0.3 is 0 Å². The highest BCUT2D eigenvalue weighted by Gasteiger charge is 2.10. The summed E-state index contributed by atoms with van der Waals surface area (Å²) in [6.07, 6.45) is 1.95. The molecular weight excluding hydrogens is 266 g/mol. The van der Waals surface area contributed by atoms with E-state index in [1.54, 1.807) is 7.11 Å². The molecule has 0 spiro atoms. The maximum absolute atomic E-state index is 6.04. The minimum atomic E-state index is 0.253. The first kappa shape index (κ1) is 13.5. The second-order valence-corrected chi connectivity index (χ2v) is 5.32. The molecule has 0 aliphatic rings. The molecule has 16 heavy (non-hydrogen) atoms. The summed E-state index contributed by atoms with van der Waals surface area (Å²) >= 11 is 3.47. The maximum Gasteiger partial charge on any atom is 0.122 e. The molecule has 1 atom stereocenters. The van der Waals surface area contributed by atoms with E-state index in [1.165, 1.54) is 5.56 Å². The fourth-order valence-electron chi connectivity index (χ4n) is 1.60. The number of benzene rings is 1. The first-order chi connectivity index (χ1) is 7.54. The lowest BCUT2D eigenvalue weighted by atomic mass is 9.97. The third kappa shape index (κ3) is 3.80. The van der Waals surface area contributed by atoms with Crippen molar-refractivity contribution in [3.05, 3.63) is 28.2 Å². The summed E-state index contributed by atoms with van der Waals surface area (Å²) < 4.78 is 6.42. The molecule has 1 unspecified atom stereocenters. The highest BCUT2D eigenvalue weighted by atomic mass is 79.9.